The molecule has 1 saturated heterocycles. The molecule has 0 radical (unpaired) electrons. The molecule has 2 aromatic carbocycles. The lowest BCUT2D eigenvalue weighted by Crippen LogP contribution is -2.56. The second kappa shape index (κ2) is 12.9. The first-order chi connectivity index (χ1) is 18.3. The van der Waals surface area contributed by atoms with Gasteiger partial charge in [0.25, 0.3) is 0 Å². The monoisotopic (exact) mass is 535 g/mol. The molecular formula is C33H46FN3O2. The summed E-state index contributed by atoms with van der Waals surface area (Å²) in [5.41, 5.74) is 4.94. The number of hydrogen-bond acceptors (Lipinski definition) is 5. The Balaban J connectivity index is 1.72. The minimum Gasteiger partial charge on any atom is -0.488 e. The summed E-state index contributed by atoms with van der Waals surface area (Å²) in [6.07, 6.45) is 2.68. The Morgan fingerprint density at radius 1 is 1.13 bits per heavy atom. The number of likely N-dealkylation sites (N-methyl/N-ethyl adjacent to an activating group) is 1. The Kier molecular flexibility index (Phi) is 10.2. The van der Waals surface area contributed by atoms with Crippen molar-refractivity contribution in [3.63, 3.8) is 0 Å². The van der Waals surface area contributed by atoms with Crippen molar-refractivity contribution in [2.45, 2.75) is 71.9 Å². The summed E-state index contributed by atoms with van der Waals surface area (Å²) >= 11 is 0. The molecular weight excluding hydrogens is 489 g/mol. The van der Waals surface area contributed by atoms with Crippen LogP contribution in [-0.4, -0.2) is 47.7 Å². The van der Waals surface area contributed by atoms with E-state index in [1.165, 1.54) is 0 Å². The molecule has 0 spiro atoms. The van der Waals surface area contributed by atoms with E-state index in [1.807, 2.05) is 43.5 Å². The smallest absolute Gasteiger partial charge is 0.129 e. The predicted molar refractivity (Wildman–Crippen MR) is 160 cm³/mol. The van der Waals surface area contributed by atoms with Gasteiger partial charge < -0.3 is 14.8 Å². The Labute approximate surface area is 235 Å². The van der Waals surface area contributed by atoms with Crippen LogP contribution in [0.2, 0.25) is 0 Å². The van der Waals surface area contributed by atoms with Crippen LogP contribution in [-0.2, 0) is 24.4 Å². The Hall–Kier alpha value is -2.93. The fourth-order valence-corrected chi connectivity index (χ4v) is 5.42. The maximum atomic E-state index is 14.9. The van der Waals surface area contributed by atoms with Gasteiger partial charge in [0.1, 0.15) is 18.2 Å². The normalized spacial score (nSPS) is 16.6. The molecule has 0 aliphatic carbocycles. The molecule has 39 heavy (non-hydrogen) atoms. The highest BCUT2D eigenvalue weighted by atomic mass is 19.1. The summed E-state index contributed by atoms with van der Waals surface area (Å²) < 4.78 is 27.3. The number of halogens is 1. The maximum absolute atomic E-state index is 14.9. The molecule has 0 unspecified atom stereocenters. The number of morpholine rings is 1. The number of benzene rings is 2. The van der Waals surface area contributed by atoms with Gasteiger partial charge in [-0.25, -0.2) is 4.39 Å². The van der Waals surface area contributed by atoms with Crippen molar-refractivity contribution in [2.24, 2.45) is 0 Å². The lowest BCUT2D eigenvalue weighted by atomic mass is 9.98. The van der Waals surface area contributed by atoms with Gasteiger partial charge in [-0.05, 0) is 70.5 Å². The van der Waals surface area contributed by atoms with Crippen molar-refractivity contribution in [1.29, 1.82) is 0 Å². The van der Waals surface area contributed by atoms with Crippen LogP contribution in [0.4, 0.5) is 4.39 Å². The van der Waals surface area contributed by atoms with E-state index in [0.29, 0.717) is 18.7 Å². The van der Waals surface area contributed by atoms with Crippen molar-refractivity contribution >= 4 is 6.08 Å². The first-order valence-electron chi connectivity index (χ1n) is 13.7. The second-order valence-corrected chi connectivity index (χ2v) is 11.9. The topological polar surface area (TPSA) is 37.0 Å². The standard InChI is InChI=1S/C33H46FN3O2/c1-10-24(3)35-25(4)18-36(9)20-29-27(11-2)13-12-14-31(29)38-21-28-17-26(15-16-30(28)34)19-37-22-32(5,6)39-33(7,8)23-37/h11-17,35H,2-4,10,18-23H2,1,5-9H3. The number of ether oxygens (including phenoxy) is 2. The van der Waals surface area contributed by atoms with Crippen molar-refractivity contribution in [3.8, 4) is 5.75 Å². The lowest BCUT2D eigenvalue weighted by Gasteiger charge is -2.47. The number of nitrogens with one attached hydrogen (secondary N) is 1. The number of rotatable bonds is 13. The molecule has 2 aromatic rings. The predicted octanol–water partition coefficient (Wildman–Crippen LogP) is 6.90. The first kappa shape index (κ1) is 30.6. The molecule has 1 fully saturated rings. The number of nitrogens with zero attached hydrogens (tertiary/aromatic N) is 2. The quantitative estimate of drug-likeness (QED) is 0.302. The summed E-state index contributed by atoms with van der Waals surface area (Å²) in [4.78, 5) is 4.53. The van der Waals surface area contributed by atoms with E-state index in [4.69, 9.17) is 9.47 Å². The van der Waals surface area contributed by atoms with E-state index < -0.39 is 0 Å². The zero-order valence-electron chi connectivity index (χ0n) is 24.7. The van der Waals surface area contributed by atoms with Crippen LogP contribution in [0, 0.1) is 5.82 Å². The van der Waals surface area contributed by atoms with Gasteiger partial charge in [0.15, 0.2) is 0 Å². The van der Waals surface area contributed by atoms with Crippen molar-refractivity contribution < 1.29 is 13.9 Å². The zero-order valence-corrected chi connectivity index (χ0v) is 24.7. The third kappa shape index (κ3) is 9.06. The fourth-order valence-electron chi connectivity index (χ4n) is 5.42. The molecule has 5 nitrogen and oxygen atoms in total. The van der Waals surface area contributed by atoms with E-state index in [2.05, 4.69) is 69.5 Å². The van der Waals surface area contributed by atoms with Gasteiger partial charge in [0.05, 0.1) is 11.2 Å². The highest BCUT2D eigenvalue weighted by Gasteiger charge is 2.37. The maximum Gasteiger partial charge on any atom is 0.129 e. The third-order valence-electron chi connectivity index (χ3n) is 6.72. The van der Waals surface area contributed by atoms with E-state index in [0.717, 1.165) is 59.9 Å². The average molecular weight is 536 g/mol. The SMILES string of the molecule is C=Cc1cccc(OCc2cc(CN3CC(C)(C)OC(C)(C)C3)ccc2F)c1CN(C)CC(=C)NC(=C)CC. The van der Waals surface area contributed by atoms with Gasteiger partial charge in [0, 0.05) is 55.2 Å². The highest BCUT2D eigenvalue weighted by molar-refractivity contribution is 5.56. The zero-order chi connectivity index (χ0) is 28.8. The molecule has 6 heteroatoms. The molecule has 0 atom stereocenters. The Morgan fingerprint density at radius 2 is 1.82 bits per heavy atom. The highest BCUT2D eigenvalue weighted by Crippen LogP contribution is 2.30. The second-order valence-electron chi connectivity index (χ2n) is 11.9. The number of allylic oxidation sites excluding steroid dienone is 1. The molecule has 0 aromatic heterocycles. The minimum absolute atomic E-state index is 0.141. The van der Waals surface area contributed by atoms with Crippen molar-refractivity contribution in [3.05, 3.63) is 95.6 Å². The van der Waals surface area contributed by atoms with Gasteiger partial charge in [-0.2, -0.15) is 0 Å². The van der Waals surface area contributed by atoms with E-state index in [9.17, 15) is 4.39 Å². The summed E-state index contributed by atoms with van der Waals surface area (Å²) in [6.45, 7) is 26.4. The van der Waals surface area contributed by atoms with E-state index in [-0.39, 0.29) is 23.6 Å². The van der Waals surface area contributed by atoms with Gasteiger partial charge in [-0.3, -0.25) is 9.80 Å². The minimum atomic E-state index is -0.265. The van der Waals surface area contributed by atoms with Crippen LogP contribution in [0.25, 0.3) is 6.08 Å². The molecule has 0 amide bonds. The fraction of sp³-hybridized carbons (Fsp3) is 0.455. The molecule has 1 aliphatic heterocycles. The van der Waals surface area contributed by atoms with Crippen molar-refractivity contribution in [2.75, 3.05) is 26.7 Å². The lowest BCUT2D eigenvalue weighted by molar-refractivity contribution is -0.182. The summed E-state index contributed by atoms with van der Waals surface area (Å²) in [5, 5.41) is 3.25. The van der Waals surface area contributed by atoms with Gasteiger partial charge in [0.2, 0.25) is 0 Å². The van der Waals surface area contributed by atoms with Gasteiger partial charge in [-0.1, -0.05) is 50.9 Å². The number of hydrogen-bond donors (Lipinski definition) is 1. The van der Waals surface area contributed by atoms with Gasteiger partial charge >= 0.3 is 0 Å². The molecule has 1 N–H and O–H groups in total. The first-order valence-corrected chi connectivity index (χ1v) is 13.7. The van der Waals surface area contributed by atoms with Crippen LogP contribution in [0.3, 0.4) is 0 Å². The molecule has 0 saturated carbocycles. The largest absolute Gasteiger partial charge is 0.488 e. The van der Waals surface area contributed by atoms with E-state index in [1.54, 1.807) is 6.07 Å². The summed E-state index contributed by atoms with van der Waals surface area (Å²) in [7, 11) is 2.03. The van der Waals surface area contributed by atoms with E-state index >= 15 is 0 Å². The van der Waals surface area contributed by atoms with Crippen LogP contribution >= 0.6 is 0 Å². The van der Waals surface area contributed by atoms with Gasteiger partial charge in [-0.15, -0.1) is 0 Å². The van der Waals surface area contributed by atoms with Crippen LogP contribution in [0.15, 0.2) is 67.5 Å². The van der Waals surface area contributed by atoms with Crippen molar-refractivity contribution in [1.82, 2.24) is 15.1 Å². The van der Waals surface area contributed by atoms with Crippen LogP contribution < -0.4 is 10.1 Å². The Bertz CT molecular complexity index is 1170. The summed E-state index contributed by atoms with van der Waals surface area (Å²) in [5.74, 6) is 0.454. The molecule has 3 rings (SSSR count). The average Bonchev–Trinajstić information content (AvgIpc) is 2.82. The van der Waals surface area contributed by atoms with Crippen LogP contribution in [0.5, 0.6) is 5.75 Å². The third-order valence-corrected chi connectivity index (χ3v) is 6.72. The summed E-state index contributed by atoms with van der Waals surface area (Å²) in [6, 6.07) is 11.2. The van der Waals surface area contributed by atoms with Crippen LogP contribution in [0.1, 0.15) is 63.3 Å². The molecule has 212 valence electrons. The molecule has 1 heterocycles. The molecule has 0 bridgehead atoms. The Morgan fingerprint density at radius 3 is 2.46 bits per heavy atom. The molecule has 1 aliphatic rings.